The largest absolute Gasteiger partial charge is 0.447 e. The van der Waals surface area contributed by atoms with Crippen molar-refractivity contribution in [3.8, 4) is 5.69 Å². The van der Waals surface area contributed by atoms with Crippen LogP contribution in [0.5, 0.6) is 0 Å². The van der Waals surface area contributed by atoms with Crippen LogP contribution in [-0.4, -0.2) is 37.2 Å². The van der Waals surface area contributed by atoms with Crippen molar-refractivity contribution in [2.75, 3.05) is 12.3 Å². The van der Waals surface area contributed by atoms with E-state index in [4.69, 9.17) is 16.2 Å². The van der Waals surface area contributed by atoms with Gasteiger partial charge in [-0.1, -0.05) is 20.8 Å². The van der Waals surface area contributed by atoms with Crippen LogP contribution in [0.4, 0.5) is 10.6 Å². The summed E-state index contributed by atoms with van der Waals surface area (Å²) in [7, 11) is 0. The third-order valence-electron chi connectivity index (χ3n) is 4.96. The molecule has 4 N–H and O–H groups in total. The molecule has 0 aliphatic carbocycles. The van der Waals surface area contributed by atoms with E-state index < -0.39 is 6.09 Å². The zero-order valence-corrected chi connectivity index (χ0v) is 16.5. The maximum absolute atomic E-state index is 11.1. The second kappa shape index (κ2) is 6.77. The van der Waals surface area contributed by atoms with Gasteiger partial charge in [-0.3, -0.25) is 4.68 Å². The lowest BCUT2D eigenvalue weighted by Gasteiger charge is -2.30. The van der Waals surface area contributed by atoms with Crippen LogP contribution in [0.3, 0.4) is 0 Å². The summed E-state index contributed by atoms with van der Waals surface area (Å²) in [6.45, 7) is 6.25. The predicted molar refractivity (Wildman–Crippen MR) is 111 cm³/mol. The van der Waals surface area contributed by atoms with Gasteiger partial charge in [0, 0.05) is 29.4 Å². The summed E-state index contributed by atoms with van der Waals surface area (Å²) in [5.41, 5.74) is 13.4. The minimum Gasteiger partial charge on any atom is -0.447 e. The molecule has 29 heavy (non-hydrogen) atoms. The zero-order valence-electron chi connectivity index (χ0n) is 16.5. The number of nitrogens with two attached hydrogens (primary N) is 2. The van der Waals surface area contributed by atoms with Crippen LogP contribution in [0, 0.1) is 5.41 Å². The van der Waals surface area contributed by atoms with Crippen molar-refractivity contribution >= 4 is 33.7 Å². The highest BCUT2D eigenvalue weighted by Gasteiger charge is 2.29. The lowest BCUT2D eigenvalue weighted by atomic mass is 9.87. The lowest BCUT2D eigenvalue weighted by Crippen LogP contribution is -2.31. The number of rotatable bonds is 4. The summed E-state index contributed by atoms with van der Waals surface area (Å²) in [6, 6.07) is 7.54. The second-order valence-corrected chi connectivity index (χ2v) is 8.03. The van der Waals surface area contributed by atoms with E-state index in [2.05, 4.69) is 15.2 Å². The maximum Gasteiger partial charge on any atom is 0.404 e. The monoisotopic (exact) mass is 393 g/mol. The number of anilines is 1. The average Bonchev–Trinajstić information content (AvgIpc) is 3.30. The molecular weight excluding hydrogens is 370 g/mol. The zero-order chi connectivity index (χ0) is 20.8. The molecule has 1 amide bonds. The Bertz CT molecular complexity index is 1190. The summed E-state index contributed by atoms with van der Waals surface area (Å²) in [5.74, 6) is 0.340. The minimum absolute atomic E-state index is 0.113. The number of amides is 1. The molecule has 0 radical (unpaired) electrons. The van der Waals surface area contributed by atoms with Crippen LogP contribution >= 0.6 is 0 Å². The highest BCUT2D eigenvalue weighted by atomic mass is 16.5. The molecule has 3 heterocycles. The van der Waals surface area contributed by atoms with Crippen LogP contribution in [0.2, 0.25) is 0 Å². The Morgan fingerprint density at radius 2 is 2.07 bits per heavy atom. The summed E-state index contributed by atoms with van der Waals surface area (Å²) in [6.07, 6.45) is 4.70. The van der Waals surface area contributed by atoms with Crippen LogP contribution in [0.25, 0.3) is 27.5 Å². The molecular formula is C20H23N7O2. The summed E-state index contributed by atoms with van der Waals surface area (Å²) < 4.78 is 8.63. The fraction of sp³-hybridized carbons (Fsp3) is 0.300. The number of fused-ring (bicyclic) bond motifs is 3. The van der Waals surface area contributed by atoms with Gasteiger partial charge in [0.2, 0.25) is 0 Å². The molecule has 1 unspecified atom stereocenters. The Labute approximate surface area is 167 Å². The van der Waals surface area contributed by atoms with Gasteiger partial charge in [0.05, 0.1) is 17.2 Å². The van der Waals surface area contributed by atoms with Gasteiger partial charge >= 0.3 is 6.09 Å². The van der Waals surface area contributed by atoms with E-state index in [0.717, 1.165) is 22.0 Å². The first-order chi connectivity index (χ1) is 13.7. The van der Waals surface area contributed by atoms with Crippen molar-refractivity contribution in [1.29, 1.82) is 0 Å². The Morgan fingerprint density at radius 3 is 2.72 bits per heavy atom. The van der Waals surface area contributed by atoms with Gasteiger partial charge in [-0.05, 0) is 29.7 Å². The fourth-order valence-corrected chi connectivity index (χ4v) is 3.41. The van der Waals surface area contributed by atoms with Crippen molar-refractivity contribution in [2.45, 2.75) is 26.8 Å². The number of benzene rings is 1. The number of ether oxygens (including phenoxy) is 1. The highest BCUT2D eigenvalue weighted by molar-refractivity contribution is 6.08. The molecule has 1 aromatic carbocycles. The van der Waals surface area contributed by atoms with E-state index in [-0.39, 0.29) is 18.1 Å². The van der Waals surface area contributed by atoms with Crippen LogP contribution < -0.4 is 11.5 Å². The SMILES string of the molecule is CC(C)(C)C(COC(N)=O)n1cc2c(n1)c(N)nc1cc(-n3cccn3)ccc12. The van der Waals surface area contributed by atoms with E-state index in [1.165, 1.54) is 0 Å². The quantitative estimate of drug-likeness (QED) is 0.549. The third-order valence-corrected chi connectivity index (χ3v) is 4.96. The fourth-order valence-electron chi connectivity index (χ4n) is 3.41. The van der Waals surface area contributed by atoms with Gasteiger partial charge in [-0.25, -0.2) is 14.5 Å². The van der Waals surface area contributed by atoms with Gasteiger partial charge in [-0.2, -0.15) is 10.2 Å². The van der Waals surface area contributed by atoms with E-state index in [1.807, 2.05) is 57.4 Å². The normalized spacial score (nSPS) is 13.1. The standard InChI is InChI=1S/C20H23N7O2/c1-20(2,3)16(11-29-19(22)28)27-10-14-13-6-5-12(26-8-4-7-23-26)9-15(13)24-18(21)17(14)25-27/h4-10,16H,11H2,1-3H3,(H2,21,24)(H2,22,28). The van der Waals surface area contributed by atoms with Crippen molar-refractivity contribution in [2.24, 2.45) is 11.1 Å². The van der Waals surface area contributed by atoms with Crippen molar-refractivity contribution in [1.82, 2.24) is 24.5 Å². The summed E-state index contributed by atoms with van der Waals surface area (Å²) >= 11 is 0. The number of aromatic nitrogens is 5. The Hall–Kier alpha value is -3.62. The Morgan fingerprint density at radius 1 is 1.28 bits per heavy atom. The molecule has 9 heteroatoms. The van der Waals surface area contributed by atoms with E-state index in [1.54, 1.807) is 15.6 Å². The number of nitrogens with zero attached hydrogens (tertiary/aromatic N) is 5. The number of carbonyl (C=O) groups excluding carboxylic acids is 1. The van der Waals surface area contributed by atoms with Gasteiger partial charge in [-0.15, -0.1) is 0 Å². The second-order valence-electron chi connectivity index (χ2n) is 8.03. The molecule has 0 fully saturated rings. The molecule has 4 aromatic rings. The molecule has 0 bridgehead atoms. The number of primary amides is 1. The van der Waals surface area contributed by atoms with Gasteiger partial charge in [0.25, 0.3) is 0 Å². The van der Waals surface area contributed by atoms with E-state index in [9.17, 15) is 4.79 Å². The molecule has 0 aliphatic rings. The maximum atomic E-state index is 11.1. The van der Waals surface area contributed by atoms with Crippen molar-refractivity contribution in [3.63, 3.8) is 0 Å². The topological polar surface area (TPSA) is 127 Å². The van der Waals surface area contributed by atoms with Crippen molar-refractivity contribution in [3.05, 3.63) is 42.9 Å². The first-order valence-electron chi connectivity index (χ1n) is 9.24. The van der Waals surface area contributed by atoms with Crippen LogP contribution in [0.1, 0.15) is 26.8 Å². The third kappa shape index (κ3) is 3.46. The molecule has 4 rings (SSSR count). The number of pyridine rings is 1. The average molecular weight is 393 g/mol. The Balaban J connectivity index is 1.84. The van der Waals surface area contributed by atoms with E-state index >= 15 is 0 Å². The van der Waals surface area contributed by atoms with Crippen LogP contribution in [0.15, 0.2) is 42.9 Å². The molecule has 0 spiro atoms. The molecule has 0 saturated carbocycles. The molecule has 1 atom stereocenters. The molecule has 0 aliphatic heterocycles. The first kappa shape index (κ1) is 18.7. The highest BCUT2D eigenvalue weighted by Crippen LogP contribution is 2.34. The number of hydrogen-bond acceptors (Lipinski definition) is 6. The smallest absolute Gasteiger partial charge is 0.404 e. The van der Waals surface area contributed by atoms with Gasteiger partial charge in [0.15, 0.2) is 5.82 Å². The summed E-state index contributed by atoms with van der Waals surface area (Å²) in [5, 5.41) is 10.7. The van der Waals surface area contributed by atoms with Crippen molar-refractivity contribution < 1.29 is 9.53 Å². The molecule has 0 saturated heterocycles. The van der Waals surface area contributed by atoms with Gasteiger partial charge < -0.3 is 16.2 Å². The van der Waals surface area contributed by atoms with Crippen LogP contribution in [-0.2, 0) is 4.74 Å². The lowest BCUT2D eigenvalue weighted by molar-refractivity contribution is 0.0947. The first-order valence-corrected chi connectivity index (χ1v) is 9.24. The number of nitrogen functional groups attached to an aromatic ring is 1. The Kier molecular flexibility index (Phi) is 4.37. The molecule has 3 aromatic heterocycles. The van der Waals surface area contributed by atoms with Gasteiger partial charge in [0.1, 0.15) is 12.1 Å². The van der Waals surface area contributed by atoms with E-state index in [0.29, 0.717) is 11.3 Å². The molecule has 9 nitrogen and oxygen atoms in total. The number of carbonyl (C=O) groups is 1. The molecule has 150 valence electrons. The predicted octanol–water partition coefficient (Wildman–Crippen LogP) is 3.03. The minimum atomic E-state index is -0.811. The number of hydrogen-bond donors (Lipinski definition) is 2. The summed E-state index contributed by atoms with van der Waals surface area (Å²) in [4.78, 5) is 15.7.